The summed E-state index contributed by atoms with van der Waals surface area (Å²) in [6.45, 7) is 2.59. The van der Waals surface area contributed by atoms with Crippen LogP contribution in [0.3, 0.4) is 0 Å². The fraction of sp³-hybridized carbons (Fsp3) is 0.588. The highest BCUT2D eigenvalue weighted by Gasteiger charge is 2.22. The highest BCUT2D eigenvalue weighted by atomic mass is 16.5. The fourth-order valence-electron chi connectivity index (χ4n) is 2.95. The first-order chi connectivity index (χ1) is 10.2. The summed E-state index contributed by atoms with van der Waals surface area (Å²) in [6, 6.07) is 7.60. The van der Waals surface area contributed by atoms with Crippen molar-refractivity contribution in [3.05, 3.63) is 29.8 Å². The molecule has 1 aliphatic rings. The number of hydrogen-bond donors (Lipinski definition) is 2. The molecule has 0 saturated heterocycles. The molecular formula is C17H26N2O2. The van der Waals surface area contributed by atoms with Gasteiger partial charge in [-0.05, 0) is 37.5 Å². The lowest BCUT2D eigenvalue weighted by molar-refractivity contribution is -0.120. The molecule has 3 N–H and O–H groups in total. The number of carbonyl (C=O) groups is 1. The van der Waals surface area contributed by atoms with Gasteiger partial charge >= 0.3 is 0 Å². The Kier molecular flexibility index (Phi) is 6.05. The molecule has 0 heterocycles. The van der Waals surface area contributed by atoms with Gasteiger partial charge in [0.2, 0.25) is 5.91 Å². The van der Waals surface area contributed by atoms with E-state index in [1.807, 2.05) is 31.2 Å². The van der Waals surface area contributed by atoms with Crippen molar-refractivity contribution < 1.29 is 9.53 Å². The summed E-state index contributed by atoms with van der Waals surface area (Å²) in [6.07, 6.45) is 7.30. The first-order valence-corrected chi connectivity index (χ1v) is 7.99. The summed E-state index contributed by atoms with van der Waals surface area (Å²) >= 11 is 0. The van der Waals surface area contributed by atoms with E-state index in [4.69, 9.17) is 10.5 Å². The van der Waals surface area contributed by atoms with Crippen LogP contribution in [0.2, 0.25) is 0 Å². The number of rotatable bonds is 6. The number of ether oxygens (including phenoxy) is 1. The average molecular weight is 290 g/mol. The molecule has 0 radical (unpaired) electrons. The first kappa shape index (κ1) is 15.8. The number of carbonyl (C=O) groups excluding carboxylic acids is 1. The number of benzene rings is 1. The summed E-state index contributed by atoms with van der Waals surface area (Å²) in [5, 5.41) is 3.45. The molecule has 1 unspecified atom stereocenters. The molecule has 1 amide bonds. The lowest BCUT2D eigenvalue weighted by atomic mass is 10.0. The van der Waals surface area contributed by atoms with Crippen molar-refractivity contribution >= 4 is 5.91 Å². The Labute approximate surface area is 127 Å². The Balaban J connectivity index is 2.05. The van der Waals surface area contributed by atoms with Crippen molar-refractivity contribution in [3.8, 4) is 5.75 Å². The van der Waals surface area contributed by atoms with Gasteiger partial charge in [-0.2, -0.15) is 0 Å². The van der Waals surface area contributed by atoms with Gasteiger partial charge in [0.15, 0.2) is 0 Å². The van der Waals surface area contributed by atoms with E-state index in [0.29, 0.717) is 12.6 Å². The quantitative estimate of drug-likeness (QED) is 0.792. The van der Waals surface area contributed by atoms with E-state index in [1.54, 1.807) is 0 Å². The van der Waals surface area contributed by atoms with Crippen LogP contribution in [0.15, 0.2) is 24.3 Å². The lowest BCUT2D eigenvalue weighted by Gasteiger charge is -2.23. The molecule has 0 aliphatic heterocycles. The molecule has 1 fully saturated rings. The Morgan fingerprint density at radius 1 is 1.24 bits per heavy atom. The van der Waals surface area contributed by atoms with Gasteiger partial charge in [-0.15, -0.1) is 0 Å². The minimum Gasteiger partial charge on any atom is -0.494 e. The number of primary amides is 1. The van der Waals surface area contributed by atoms with E-state index >= 15 is 0 Å². The molecule has 1 atom stereocenters. The summed E-state index contributed by atoms with van der Waals surface area (Å²) < 4.78 is 5.43. The second kappa shape index (κ2) is 8.03. The zero-order chi connectivity index (χ0) is 15.1. The van der Waals surface area contributed by atoms with Gasteiger partial charge in [0.05, 0.1) is 6.61 Å². The Bertz CT molecular complexity index is 437. The van der Waals surface area contributed by atoms with Crippen LogP contribution in [0, 0.1) is 0 Å². The normalized spacial score (nSPS) is 18.0. The Hall–Kier alpha value is -1.55. The predicted molar refractivity (Wildman–Crippen MR) is 84.2 cm³/mol. The average Bonchev–Trinajstić information content (AvgIpc) is 2.74. The molecule has 0 aromatic heterocycles. The second-order valence-corrected chi connectivity index (χ2v) is 5.69. The third-order valence-electron chi connectivity index (χ3n) is 4.07. The molecule has 21 heavy (non-hydrogen) atoms. The van der Waals surface area contributed by atoms with Crippen LogP contribution in [0.1, 0.15) is 57.1 Å². The van der Waals surface area contributed by atoms with E-state index in [-0.39, 0.29) is 5.91 Å². The van der Waals surface area contributed by atoms with Crippen LogP contribution in [0.5, 0.6) is 5.75 Å². The Morgan fingerprint density at radius 3 is 2.38 bits per heavy atom. The fourth-order valence-corrected chi connectivity index (χ4v) is 2.95. The van der Waals surface area contributed by atoms with E-state index in [2.05, 4.69) is 5.32 Å². The monoisotopic (exact) mass is 290 g/mol. The zero-order valence-electron chi connectivity index (χ0n) is 12.8. The third kappa shape index (κ3) is 4.74. The van der Waals surface area contributed by atoms with Crippen molar-refractivity contribution in [2.24, 2.45) is 5.73 Å². The van der Waals surface area contributed by atoms with Gasteiger partial charge in [-0.25, -0.2) is 0 Å². The molecular weight excluding hydrogens is 264 g/mol. The summed E-state index contributed by atoms with van der Waals surface area (Å²) in [4.78, 5) is 11.8. The van der Waals surface area contributed by atoms with E-state index in [9.17, 15) is 4.79 Å². The third-order valence-corrected chi connectivity index (χ3v) is 4.07. The number of nitrogens with one attached hydrogen (secondary N) is 1. The minimum absolute atomic E-state index is 0.316. The van der Waals surface area contributed by atoms with Gasteiger partial charge in [0.1, 0.15) is 11.8 Å². The zero-order valence-corrected chi connectivity index (χ0v) is 12.8. The second-order valence-electron chi connectivity index (χ2n) is 5.69. The van der Waals surface area contributed by atoms with Crippen molar-refractivity contribution in [2.75, 3.05) is 6.61 Å². The van der Waals surface area contributed by atoms with Crippen LogP contribution in [-0.2, 0) is 4.79 Å². The largest absolute Gasteiger partial charge is 0.494 e. The molecule has 1 saturated carbocycles. The van der Waals surface area contributed by atoms with Gasteiger partial charge in [-0.1, -0.05) is 37.8 Å². The van der Waals surface area contributed by atoms with E-state index < -0.39 is 6.04 Å². The van der Waals surface area contributed by atoms with Crippen molar-refractivity contribution in [1.29, 1.82) is 0 Å². The van der Waals surface area contributed by atoms with Crippen molar-refractivity contribution in [3.63, 3.8) is 0 Å². The summed E-state index contributed by atoms with van der Waals surface area (Å²) in [5.41, 5.74) is 6.50. The van der Waals surface area contributed by atoms with Crippen LogP contribution < -0.4 is 15.8 Å². The van der Waals surface area contributed by atoms with E-state index in [1.165, 1.54) is 25.7 Å². The maximum absolute atomic E-state index is 11.8. The smallest absolute Gasteiger partial charge is 0.239 e. The van der Waals surface area contributed by atoms with Crippen LogP contribution in [-0.4, -0.2) is 18.6 Å². The van der Waals surface area contributed by atoms with Gasteiger partial charge < -0.3 is 10.5 Å². The van der Waals surface area contributed by atoms with Crippen molar-refractivity contribution in [1.82, 2.24) is 5.32 Å². The number of amides is 1. The van der Waals surface area contributed by atoms with Crippen LogP contribution in [0.4, 0.5) is 0 Å². The maximum atomic E-state index is 11.8. The lowest BCUT2D eigenvalue weighted by Crippen LogP contribution is -2.39. The number of hydrogen-bond acceptors (Lipinski definition) is 3. The molecule has 4 heteroatoms. The number of nitrogens with two attached hydrogens (primary N) is 1. The molecule has 1 aromatic rings. The molecule has 116 valence electrons. The molecule has 0 bridgehead atoms. The van der Waals surface area contributed by atoms with Crippen LogP contribution in [0.25, 0.3) is 0 Å². The summed E-state index contributed by atoms with van der Waals surface area (Å²) in [5.74, 6) is 0.502. The van der Waals surface area contributed by atoms with Crippen LogP contribution >= 0.6 is 0 Å². The molecule has 0 spiro atoms. The van der Waals surface area contributed by atoms with Gasteiger partial charge in [0, 0.05) is 6.04 Å². The van der Waals surface area contributed by atoms with Crippen molar-refractivity contribution in [2.45, 2.75) is 57.5 Å². The van der Waals surface area contributed by atoms with Gasteiger partial charge in [0.25, 0.3) is 0 Å². The van der Waals surface area contributed by atoms with Gasteiger partial charge in [-0.3, -0.25) is 10.1 Å². The minimum atomic E-state index is -0.413. The Morgan fingerprint density at radius 2 is 1.86 bits per heavy atom. The maximum Gasteiger partial charge on any atom is 0.239 e. The molecule has 4 nitrogen and oxygen atoms in total. The standard InChI is InChI=1S/C17H26N2O2/c1-2-21-15-11-9-13(10-12-15)16(17(18)20)19-14-7-5-3-4-6-8-14/h9-12,14,16,19H,2-8H2,1H3,(H2,18,20). The highest BCUT2D eigenvalue weighted by Crippen LogP contribution is 2.22. The SMILES string of the molecule is CCOc1ccc(C(NC2CCCCCC2)C(N)=O)cc1. The summed E-state index contributed by atoms with van der Waals surface area (Å²) in [7, 11) is 0. The first-order valence-electron chi connectivity index (χ1n) is 7.99. The topological polar surface area (TPSA) is 64.3 Å². The molecule has 1 aromatic carbocycles. The predicted octanol–water partition coefficient (Wildman–Crippen LogP) is 2.92. The van der Waals surface area contributed by atoms with E-state index in [0.717, 1.165) is 24.2 Å². The molecule has 1 aliphatic carbocycles. The highest BCUT2D eigenvalue weighted by molar-refractivity contribution is 5.81. The molecule has 2 rings (SSSR count).